The normalized spacial score (nSPS) is 18.1. The van der Waals surface area contributed by atoms with Crippen molar-refractivity contribution in [1.82, 2.24) is 4.90 Å². The lowest BCUT2D eigenvalue weighted by Gasteiger charge is -2.32. The van der Waals surface area contributed by atoms with Gasteiger partial charge in [-0.15, -0.1) is 0 Å². The molecule has 1 aliphatic heterocycles. The van der Waals surface area contributed by atoms with Crippen LogP contribution in [0.3, 0.4) is 0 Å². The molecule has 2 rings (SSSR count). The fourth-order valence-electron chi connectivity index (χ4n) is 2.37. The second-order valence-corrected chi connectivity index (χ2v) is 5.42. The number of ether oxygens (including phenoxy) is 2. The Kier molecular flexibility index (Phi) is 5.44. The summed E-state index contributed by atoms with van der Waals surface area (Å²) in [4.78, 5) is 14.2. The predicted molar refractivity (Wildman–Crippen MR) is 81.4 cm³/mol. The van der Waals surface area contributed by atoms with Crippen LogP contribution in [0.5, 0.6) is 11.5 Å². The van der Waals surface area contributed by atoms with Gasteiger partial charge in [0.25, 0.3) is 0 Å². The fraction of sp³-hybridized carbons (Fsp3) is 0.562. The maximum Gasteiger partial charge on any atom is 0.226 e. The minimum atomic E-state index is -0.159. The first kappa shape index (κ1) is 15.6. The van der Waals surface area contributed by atoms with E-state index in [4.69, 9.17) is 15.2 Å². The Morgan fingerprint density at radius 1 is 1.43 bits per heavy atom. The second kappa shape index (κ2) is 7.31. The van der Waals surface area contributed by atoms with E-state index in [-0.39, 0.29) is 17.9 Å². The Morgan fingerprint density at radius 3 is 2.81 bits per heavy atom. The minimum absolute atomic E-state index is 0.0850. The number of rotatable bonds is 6. The van der Waals surface area contributed by atoms with Crippen molar-refractivity contribution in [1.29, 1.82) is 0 Å². The number of carbonyl (C=O) groups is 1. The zero-order chi connectivity index (χ0) is 15.2. The van der Waals surface area contributed by atoms with Crippen LogP contribution in [0.4, 0.5) is 0 Å². The van der Waals surface area contributed by atoms with Gasteiger partial charge in [-0.05, 0) is 18.6 Å². The smallest absolute Gasteiger partial charge is 0.226 e. The summed E-state index contributed by atoms with van der Waals surface area (Å²) < 4.78 is 11.6. The quantitative estimate of drug-likeness (QED) is 0.866. The molecule has 2 N–H and O–H groups in total. The maximum absolute atomic E-state index is 12.3. The molecule has 0 radical (unpaired) electrons. The van der Waals surface area contributed by atoms with Crippen molar-refractivity contribution in [2.45, 2.75) is 26.4 Å². The number of hydrogen-bond acceptors (Lipinski definition) is 4. The summed E-state index contributed by atoms with van der Waals surface area (Å²) in [7, 11) is 0. The topological polar surface area (TPSA) is 64.8 Å². The number of carbonyl (C=O) groups excluding carboxylic acids is 1. The van der Waals surface area contributed by atoms with E-state index in [2.05, 4.69) is 6.92 Å². The zero-order valence-electron chi connectivity index (χ0n) is 12.7. The molecule has 116 valence electrons. The molecule has 2 atom stereocenters. The molecular formula is C16H24N2O3. The first-order valence-corrected chi connectivity index (χ1v) is 7.53. The lowest BCUT2D eigenvalue weighted by Crippen LogP contribution is -2.46. The van der Waals surface area contributed by atoms with Crippen molar-refractivity contribution in [3.05, 3.63) is 24.3 Å². The average molecular weight is 292 g/mol. The Labute approximate surface area is 126 Å². The monoisotopic (exact) mass is 292 g/mol. The first-order chi connectivity index (χ1) is 10.2. The molecule has 0 aliphatic carbocycles. The summed E-state index contributed by atoms with van der Waals surface area (Å²) in [6, 6.07) is 7.60. The van der Waals surface area contributed by atoms with E-state index in [1.54, 1.807) is 0 Å². The molecule has 1 aliphatic rings. The summed E-state index contributed by atoms with van der Waals surface area (Å²) in [5.41, 5.74) is 5.60. The number of nitrogens with zero attached hydrogens (tertiary/aromatic N) is 1. The van der Waals surface area contributed by atoms with E-state index in [0.29, 0.717) is 26.2 Å². The van der Waals surface area contributed by atoms with Gasteiger partial charge in [-0.25, -0.2) is 0 Å². The lowest BCUT2D eigenvalue weighted by atomic mass is 10.1. The van der Waals surface area contributed by atoms with Gasteiger partial charge in [0.2, 0.25) is 5.91 Å². The third-order valence-corrected chi connectivity index (χ3v) is 3.57. The predicted octanol–water partition coefficient (Wildman–Crippen LogP) is 1.66. The molecule has 21 heavy (non-hydrogen) atoms. The van der Waals surface area contributed by atoms with Crippen molar-refractivity contribution in [2.75, 3.05) is 26.2 Å². The summed E-state index contributed by atoms with van der Waals surface area (Å²) in [6.45, 7) is 5.99. The van der Waals surface area contributed by atoms with Gasteiger partial charge in [0, 0.05) is 19.0 Å². The maximum atomic E-state index is 12.3. The molecule has 0 saturated heterocycles. The van der Waals surface area contributed by atoms with Crippen LogP contribution in [0.15, 0.2) is 24.3 Å². The first-order valence-electron chi connectivity index (χ1n) is 7.53. The van der Waals surface area contributed by atoms with E-state index in [1.807, 2.05) is 36.1 Å². The van der Waals surface area contributed by atoms with Crippen LogP contribution in [0, 0.1) is 5.92 Å². The largest absolute Gasteiger partial charge is 0.486 e. The summed E-state index contributed by atoms with van der Waals surface area (Å²) in [5, 5.41) is 0. The molecule has 0 fully saturated rings. The van der Waals surface area contributed by atoms with Crippen LogP contribution in [0.2, 0.25) is 0 Å². The molecule has 5 heteroatoms. The van der Waals surface area contributed by atoms with Gasteiger partial charge in [-0.2, -0.15) is 0 Å². The number of fused-ring (bicyclic) bond motifs is 1. The van der Waals surface area contributed by atoms with E-state index in [0.717, 1.165) is 17.9 Å². The highest BCUT2D eigenvalue weighted by Crippen LogP contribution is 2.31. The second-order valence-electron chi connectivity index (χ2n) is 5.42. The van der Waals surface area contributed by atoms with Gasteiger partial charge in [0.15, 0.2) is 17.6 Å². The van der Waals surface area contributed by atoms with Crippen molar-refractivity contribution >= 4 is 5.91 Å². The summed E-state index contributed by atoms with van der Waals surface area (Å²) in [6.07, 6.45) is 0.771. The third kappa shape index (κ3) is 3.88. The molecule has 0 saturated carbocycles. The van der Waals surface area contributed by atoms with E-state index in [9.17, 15) is 4.79 Å². The van der Waals surface area contributed by atoms with Gasteiger partial charge in [-0.3, -0.25) is 4.79 Å². The molecule has 1 heterocycles. The number of benzene rings is 1. The van der Waals surface area contributed by atoms with Gasteiger partial charge >= 0.3 is 0 Å². The fourth-order valence-corrected chi connectivity index (χ4v) is 2.37. The van der Waals surface area contributed by atoms with Crippen molar-refractivity contribution in [3.8, 4) is 11.5 Å². The lowest BCUT2D eigenvalue weighted by molar-refractivity contribution is -0.136. The molecule has 0 spiro atoms. The summed E-state index contributed by atoms with van der Waals surface area (Å²) >= 11 is 0. The van der Waals surface area contributed by atoms with E-state index >= 15 is 0 Å². The van der Waals surface area contributed by atoms with Gasteiger partial charge in [0.1, 0.15) is 6.61 Å². The minimum Gasteiger partial charge on any atom is -0.486 e. The third-order valence-electron chi connectivity index (χ3n) is 3.57. The number of para-hydroxylation sites is 2. The molecular weight excluding hydrogens is 268 g/mol. The highest BCUT2D eigenvalue weighted by molar-refractivity contribution is 5.78. The van der Waals surface area contributed by atoms with Crippen molar-refractivity contribution < 1.29 is 14.3 Å². The van der Waals surface area contributed by atoms with Crippen LogP contribution < -0.4 is 15.2 Å². The van der Waals surface area contributed by atoms with Gasteiger partial charge in [0.05, 0.1) is 6.54 Å². The van der Waals surface area contributed by atoms with Crippen molar-refractivity contribution in [3.63, 3.8) is 0 Å². The van der Waals surface area contributed by atoms with Crippen LogP contribution >= 0.6 is 0 Å². The van der Waals surface area contributed by atoms with Crippen LogP contribution in [-0.4, -0.2) is 43.2 Å². The number of hydrogen-bond donors (Lipinski definition) is 1. The van der Waals surface area contributed by atoms with E-state index in [1.165, 1.54) is 0 Å². The molecule has 0 bridgehead atoms. The van der Waals surface area contributed by atoms with Crippen LogP contribution in [0.1, 0.15) is 20.3 Å². The van der Waals surface area contributed by atoms with Gasteiger partial charge < -0.3 is 20.1 Å². The highest BCUT2D eigenvalue weighted by Gasteiger charge is 2.26. The number of amides is 1. The Hall–Kier alpha value is -1.75. The standard InChI is InChI=1S/C16H24N2O3/c1-3-8-18(16(19)12(2)9-17)10-13-11-20-14-6-4-5-7-15(14)21-13/h4-7,12-13H,3,8-11,17H2,1-2H3. The Bertz CT molecular complexity index is 478. The zero-order valence-corrected chi connectivity index (χ0v) is 12.7. The van der Waals surface area contributed by atoms with E-state index < -0.39 is 0 Å². The molecule has 1 aromatic carbocycles. The van der Waals surface area contributed by atoms with Crippen LogP contribution in [0.25, 0.3) is 0 Å². The SMILES string of the molecule is CCCN(CC1COc2ccccc2O1)C(=O)C(C)CN. The Balaban J connectivity index is 2.00. The number of nitrogens with two attached hydrogens (primary N) is 1. The summed E-state index contributed by atoms with van der Waals surface area (Å²) in [5.74, 6) is 1.43. The van der Waals surface area contributed by atoms with Crippen LogP contribution in [-0.2, 0) is 4.79 Å². The Morgan fingerprint density at radius 2 is 2.14 bits per heavy atom. The highest BCUT2D eigenvalue weighted by atomic mass is 16.6. The average Bonchev–Trinajstić information content (AvgIpc) is 2.53. The molecule has 1 aromatic rings. The van der Waals surface area contributed by atoms with Gasteiger partial charge in [-0.1, -0.05) is 26.0 Å². The molecule has 0 aromatic heterocycles. The van der Waals surface area contributed by atoms with Crippen molar-refractivity contribution in [2.24, 2.45) is 11.7 Å². The molecule has 5 nitrogen and oxygen atoms in total. The molecule has 1 amide bonds. The molecule has 2 unspecified atom stereocenters.